The molecule has 1 heterocycles. The van der Waals surface area contributed by atoms with Crippen LogP contribution in [0.2, 0.25) is 0 Å². The van der Waals surface area contributed by atoms with Gasteiger partial charge in [0, 0.05) is 18.6 Å². The van der Waals surface area contributed by atoms with Gasteiger partial charge in [-0.25, -0.2) is 0 Å². The zero-order chi connectivity index (χ0) is 11.7. The van der Waals surface area contributed by atoms with Crippen LogP contribution < -0.4 is 5.32 Å². The summed E-state index contributed by atoms with van der Waals surface area (Å²) in [5, 5.41) is 13.6. The lowest BCUT2D eigenvalue weighted by Crippen LogP contribution is -2.46. The Balaban J connectivity index is 1.59. The lowest BCUT2D eigenvalue weighted by atomic mass is 9.96. The van der Waals surface area contributed by atoms with Gasteiger partial charge in [0.2, 0.25) is 0 Å². The van der Waals surface area contributed by atoms with Gasteiger partial charge in [0.25, 0.3) is 0 Å². The molecule has 3 fully saturated rings. The molecule has 3 nitrogen and oxygen atoms in total. The van der Waals surface area contributed by atoms with Crippen LogP contribution >= 0.6 is 0 Å². The molecule has 0 amide bonds. The van der Waals surface area contributed by atoms with Gasteiger partial charge in [-0.3, -0.25) is 4.90 Å². The van der Waals surface area contributed by atoms with E-state index in [-0.39, 0.29) is 6.10 Å². The van der Waals surface area contributed by atoms with Crippen molar-refractivity contribution >= 4 is 0 Å². The van der Waals surface area contributed by atoms with Crippen LogP contribution in [-0.4, -0.2) is 47.8 Å². The van der Waals surface area contributed by atoms with Crippen molar-refractivity contribution in [2.24, 2.45) is 5.92 Å². The van der Waals surface area contributed by atoms with Crippen molar-refractivity contribution in [1.29, 1.82) is 0 Å². The highest BCUT2D eigenvalue weighted by molar-refractivity contribution is 4.95. The second-order valence-electron chi connectivity index (χ2n) is 6.19. The quantitative estimate of drug-likeness (QED) is 0.776. The third kappa shape index (κ3) is 2.83. The van der Waals surface area contributed by atoms with Crippen molar-refractivity contribution in [3.05, 3.63) is 0 Å². The summed E-state index contributed by atoms with van der Waals surface area (Å²) < 4.78 is 0. The minimum absolute atomic E-state index is 0.0442. The fourth-order valence-corrected chi connectivity index (χ4v) is 3.63. The first-order valence-corrected chi connectivity index (χ1v) is 7.49. The van der Waals surface area contributed by atoms with E-state index >= 15 is 0 Å². The first-order valence-electron chi connectivity index (χ1n) is 7.49. The molecule has 2 atom stereocenters. The lowest BCUT2D eigenvalue weighted by molar-refractivity contribution is 0.0515. The second kappa shape index (κ2) is 5.25. The van der Waals surface area contributed by atoms with E-state index in [1.165, 1.54) is 58.2 Å². The molecular weight excluding hydrogens is 212 g/mol. The third-order valence-electron chi connectivity index (χ3n) is 4.81. The van der Waals surface area contributed by atoms with E-state index in [0.717, 1.165) is 18.4 Å². The van der Waals surface area contributed by atoms with Gasteiger partial charge >= 0.3 is 0 Å². The first-order chi connectivity index (χ1) is 8.34. The highest BCUT2D eigenvalue weighted by Crippen LogP contribution is 2.35. The summed E-state index contributed by atoms with van der Waals surface area (Å²) in [4.78, 5) is 2.67. The highest BCUT2D eigenvalue weighted by Gasteiger charge is 2.39. The van der Waals surface area contributed by atoms with Gasteiger partial charge in [-0.2, -0.15) is 0 Å². The Morgan fingerprint density at radius 1 is 1.00 bits per heavy atom. The Labute approximate surface area is 105 Å². The topological polar surface area (TPSA) is 35.5 Å². The standard InChI is InChI=1S/C14H26N2O/c17-14-3-1-2-13(14)16(12-4-5-12)10-11-6-8-15-9-7-11/h11-15,17H,1-10H2. The average molecular weight is 238 g/mol. The number of aliphatic hydroxyl groups excluding tert-OH is 1. The van der Waals surface area contributed by atoms with Crippen LogP contribution in [0.15, 0.2) is 0 Å². The predicted octanol–water partition coefficient (Wildman–Crippen LogP) is 1.36. The van der Waals surface area contributed by atoms with Crippen molar-refractivity contribution in [2.45, 2.75) is 63.1 Å². The summed E-state index contributed by atoms with van der Waals surface area (Å²) in [6, 6.07) is 1.29. The molecule has 2 N–H and O–H groups in total. The lowest BCUT2D eigenvalue weighted by Gasteiger charge is -2.35. The zero-order valence-corrected chi connectivity index (χ0v) is 10.8. The van der Waals surface area contributed by atoms with E-state index in [2.05, 4.69) is 10.2 Å². The number of nitrogens with zero attached hydrogens (tertiary/aromatic N) is 1. The molecule has 0 radical (unpaired) electrons. The molecule has 2 unspecified atom stereocenters. The Hall–Kier alpha value is -0.120. The molecule has 1 saturated heterocycles. The Morgan fingerprint density at radius 3 is 2.35 bits per heavy atom. The van der Waals surface area contributed by atoms with Crippen LogP contribution in [0.1, 0.15) is 44.9 Å². The largest absolute Gasteiger partial charge is 0.391 e. The smallest absolute Gasteiger partial charge is 0.0695 e. The fraction of sp³-hybridized carbons (Fsp3) is 1.00. The number of rotatable bonds is 4. The van der Waals surface area contributed by atoms with E-state index in [9.17, 15) is 5.11 Å². The Kier molecular flexibility index (Phi) is 3.69. The van der Waals surface area contributed by atoms with Crippen LogP contribution in [0, 0.1) is 5.92 Å². The SMILES string of the molecule is OC1CCCC1N(CC1CCNCC1)C1CC1. The summed E-state index contributed by atoms with van der Waals surface area (Å²) in [7, 11) is 0. The third-order valence-corrected chi connectivity index (χ3v) is 4.81. The minimum atomic E-state index is -0.0442. The molecule has 3 heteroatoms. The summed E-state index contributed by atoms with van der Waals surface area (Å²) in [5.74, 6) is 0.865. The van der Waals surface area contributed by atoms with Gasteiger partial charge < -0.3 is 10.4 Å². The monoisotopic (exact) mass is 238 g/mol. The van der Waals surface area contributed by atoms with Crippen molar-refractivity contribution in [2.75, 3.05) is 19.6 Å². The molecule has 1 aliphatic heterocycles. The number of hydrogen-bond donors (Lipinski definition) is 2. The minimum Gasteiger partial charge on any atom is -0.391 e. The van der Waals surface area contributed by atoms with E-state index < -0.39 is 0 Å². The maximum absolute atomic E-state index is 10.1. The molecule has 0 aromatic heterocycles. The van der Waals surface area contributed by atoms with Gasteiger partial charge in [0.1, 0.15) is 0 Å². The van der Waals surface area contributed by atoms with E-state index in [4.69, 9.17) is 0 Å². The number of hydrogen-bond acceptors (Lipinski definition) is 3. The van der Waals surface area contributed by atoms with Gasteiger partial charge in [-0.05, 0) is 64.0 Å². The number of nitrogens with one attached hydrogen (secondary N) is 1. The molecule has 3 aliphatic rings. The zero-order valence-electron chi connectivity index (χ0n) is 10.8. The number of aliphatic hydroxyl groups is 1. The average Bonchev–Trinajstić information content (AvgIpc) is 3.11. The summed E-state index contributed by atoms with van der Waals surface area (Å²) in [6.07, 6.45) is 8.82. The van der Waals surface area contributed by atoms with Crippen molar-refractivity contribution in [3.63, 3.8) is 0 Å². The Bertz CT molecular complexity index is 249. The normalized spacial score (nSPS) is 35.6. The van der Waals surface area contributed by atoms with E-state index in [1.807, 2.05) is 0 Å². The molecule has 0 spiro atoms. The molecule has 98 valence electrons. The van der Waals surface area contributed by atoms with E-state index in [0.29, 0.717) is 6.04 Å². The summed E-state index contributed by atoms with van der Waals surface area (Å²) in [5.41, 5.74) is 0. The van der Waals surface area contributed by atoms with Crippen molar-refractivity contribution in [1.82, 2.24) is 10.2 Å². The van der Waals surface area contributed by atoms with Crippen LogP contribution in [0.4, 0.5) is 0 Å². The molecule has 3 rings (SSSR count). The van der Waals surface area contributed by atoms with Gasteiger partial charge in [-0.15, -0.1) is 0 Å². The Morgan fingerprint density at radius 2 is 1.76 bits per heavy atom. The summed E-state index contributed by atoms with van der Waals surface area (Å²) in [6.45, 7) is 3.63. The highest BCUT2D eigenvalue weighted by atomic mass is 16.3. The molecular formula is C14H26N2O. The molecule has 0 aromatic rings. The molecule has 0 aromatic carbocycles. The van der Waals surface area contributed by atoms with Crippen LogP contribution in [-0.2, 0) is 0 Å². The van der Waals surface area contributed by atoms with Crippen LogP contribution in [0.25, 0.3) is 0 Å². The van der Waals surface area contributed by atoms with E-state index in [1.54, 1.807) is 0 Å². The first kappa shape index (κ1) is 11.9. The molecule has 17 heavy (non-hydrogen) atoms. The van der Waals surface area contributed by atoms with Gasteiger partial charge in [-0.1, -0.05) is 0 Å². The van der Waals surface area contributed by atoms with Gasteiger partial charge in [0.15, 0.2) is 0 Å². The van der Waals surface area contributed by atoms with Crippen molar-refractivity contribution in [3.8, 4) is 0 Å². The summed E-state index contributed by atoms with van der Waals surface area (Å²) >= 11 is 0. The maximum Gasteiger partial charge on any atom is 0.0695 e. The van der Waals surface area contributed by atoms with Crippen LogP contribution in [0.3, 0.4) is 0 Å². The van der Waals surface area contributed by atoms with Gasteiger partial charge in [0.05, 0.1) is 6.10 Å². The van der Waals surface area contributed by atoms with Crippen LogP contribution in [0.5, 0.6) is 0 Å². The fourth-order valence-electron chi connectivity index (χ4n) is 3.63. The molecule has 2 aliphatic carbocycles. The molecule has 2 saturated carbocycles. The molecule has 0 bridgehead atoms. The second-order valence-corrected chi connectivity index (χ2v) is 6.19. The number of piperidine rings is 1. The predicted molar refractivity (Wildman–Crippen MR) is 69.0 cm³/mol. The maximum atomic E-state index is 10.1. The van der Waals surface area contributed by atoms with Crippen molar-refractivity contribution < 1.29 is 5.11 Å².